The molecule has 0 unspecified atom stereocenters. The fourth-order valence-electron chi connectivity index (χ4n) is 4.70. The van der Waals surface area contributed by atoms with Gasteiger partial charge in [0.25, 0.3) is 0 Å². The summed E-state index contributed by atoms with van der Waals surface area (Å²) >= 11 is 0. The lowest BCUT2D eigenvalue weighted by Crippen LogP contribution is -2.10. The zero-order valence-electron chi connectivity index (χ0n) is 21.4. The molecule has 5 rings (SSSR count). The van der Waals surface area contributed by atoms with Gasteiger partial charge in [0.15, 0.2) is 0 Å². The average Bonchev–Trinajstić information content (AvgIpc) is 3.40. The highest BCUT2D eigenvalue weighted by Gasteiger charge is 2.20. The van der Waals surface area contributed by atoms with Gasteiger partial charge in [-0.15, -0.1) is 11.5 Å². The van der Waals surface area contributed by atoms with Gasteiger partial charge in [-0.05, 0) is 58.4 Å². The molecule has 4 nitrogen and oxygen atoms in total. The van der Waals surface area contributed by atoms with Gasteiger partial charge < -0.3 is 4.57 Å². The average molecular weight is 461 g/mol. The molecule has 0 amide bonds. The van der Waals surface area contributed by atoms with Gasteiger partial charge in [0.1, 0.15) is 6.54 Å². The Labute approximate surface area is 207 Å². The van der Waals surface area contributed by atoms with E-state index in [-0.39, 0.29) is 10.8 Å². The van der Waals surface area contributed by atoms with E-state index in [1.807, 2.05) is 0 Å². The first-order chi connectivity index (χ1) is 16.6. The molecular weight excluding hydrogens is 428 g/mol. The lowest BCUT2D eigenvalue weighted by atomic mass is 9.85. The molecule has 0 bridgehead atoms. The van der Waals surface area contributed by atoms with Crippen LogP contribution in [-0.4, -0.2) is 19.6 Å². The minimum Gasteiger partial charge on any atom is -0.309 e. The van der Waals surface area contributed by atoms with E-state index >= 15 is 0 Å². The summed E-state index contributed by atoms with van der Waals surface area (Å²) < 4.78 is 4.11. The first kappa shape index (κ1) is 22.9. The molecule has 2 heterocycles. The molecule has 0 aliphatic heterocycles. The molecule has 0 aliphatic carbocycles. The van der Waals surface area contributed by atoms with Crippen molar-refractivity contribution in [1.82, 2.24) is 19.6 Å². The third kappa shape index (κ3) is 4.02. The van der Waals surface area contributed by atoms with Crippen LogP contribution in [0.3, 0.4) is 0 Å². The van der Waals surface area contributed by atoms with Crippen LogP contribution < -0.4 is 0 Å². The smallest absolute Gasteiger partial charge is 0.104 e. The largest absolute Gasteiger partial charge is 0.309 e. The maximum Gasteiger partial charge on any atom is 0.104 e. The Hall–Kier alpha value is -3.84. The Morgan fingerprint density at radius 2 is 1.31 bits per heavy atom. The molecule has 4 heteroatoms. The van der Waals surface area contributed by atoms with Crippen molar-refractivity contribution in [2.75, 3.05) is 0 Å². The normalized spacial score (nSPS) is 12.4. The maximum atomic E-state index is 5.49. The molecule has 35 heavy (non-hydrogen) atoms. The number of rotatable bonds is 3. The van der Waals surface area contributed by atoms with Gasteiger partial charge in [-0.3, -0.25) is 0 Å². The van der Waals surface area contributed by atoms with Crippen LogP contribution >= 0.6 is 0 Å². The van der Waals surface area contributed by atoms with Crippen LogP contribution in [0.4, 0.5) is 0 Å². The molecule has 0 fully saturated rings. The van der Waals surface area contributed by atoms with Crippen LogP contribution in [0, 0.1) is 12.3 Å². The predicted molar refractivity (Wildman–Crippen MR) is 146 cm³/mol. The van der Waals surface area contributed by atoms with Crippen LogP contribution in [0.25, 0.3) is 38.8 Å². The monoisotopic (exact) mass is 460 g/mol. The lowest BCUT2D eigenvalue weighted by molar-refractivity contribution is 0.590. The summed E-state index contributed by atoms with van der Waals surface area (Å²) in [6.45, 7) is 14.0. The summed E-state index contributed by atoms with van der Waals surface area (Å²) in [5, 5.41) is 10.7. The van der Waals surface area contributed by atoms with Crippen LogP contribution in [0.15, 0.2) is 66.9 Å². The zero-order valence-corrected chi connectivity index (χ0v) is 21.4. The molecule has 0 atom stereocenters. The number of hydrogen-bond acceptors (Lipinski definition) is 2. The second-order valence-corrected chi connectivity index (χ2v) is 11.3. The van der Waals surface area contributed by atoms with Crippen LogP contribution in [0.2, 0.25) is 0 Å². The van der Waals surface area contributed by atoms with Crippen LogP contribution in [0.5, 0.6) is 0 Å². The third-order valence-corrected chi connectivity index (χ3v) is 6.78. The Kier molecular flexibility index (Phi) is 5.33. The quantitative estimate of drug-likeness (QED) is 0.265. The summed E-state index contributed by atoms with van der Waals surface area (Å²) in [5.41, 5.74) is 8.36. The second-order valence-electron chi connectivity index (χ2n) is 11.3. The lowest BCUT2D eigenvalue weighted by Gasteiger charge is -2.19. The van der Waals surface area contributed by atoms with E-state index in [9.17, 15) is 0 Å². The summed E-state index contributed by atoms with van der Waals surface area (Å²) in [6, 6.07) is 22.4. The minimum atomic E-state index is 0.0846. The van der Waals surface area contributed by atoms with Gasteiger partial charge >= 0.3 is 0 Å². The van der Waals surface area contributed by atoms with E-state index < -0.39 is 0 Å². The number of terminal acetylenes is 1. The van der Waals surface area contributed by atoms with E-state index in [0.717, 1.165) is 16.9 Å². The highest BCUT2D eigenvalue weighted by molar-refractivity contribution is 6.09. The highest BCUT2D eigenvalue weighted by Crippen LogP contribution is 2.37. The molecule has 0 saturated heterocycles. The summed E-state index contributed by atoms with van der Waals surface area (Å²) in [5.74, 6) is 2.64. The van der Waals surface area contributed by atoms with Crippen LogP contribution in [-0.2, 0) is 17.4 Å². The number of aromatic nitrogens is 4. The van der Waals surface area contributed by atoms with E-state index in [4.69, 9.17) is 6.42 Å². The number of hydrogen-bond donors (Lipinski definition) is 0. The van der Waals surface area contributed by atoms with Crippen molar-refractivity contribution < 1.29 is 0 Å². The number of nitrogens with zero attached hydrogens (tertiary/aromatic N) is 4. The second kappa shape index (κ2) is 8.13. The van der Waals surface area contributed by atoms with Gasteiger partial charge in [0.2, 0.25) is 0 Å². The SMILES string of the molecule is C#CCn1nncc1-c1ccc(-n2c3ccc(C(C)(C)C)cc3c3cc(C(C)(C)C)ccc32)cc1. The Morgan fingerprint density at radius 1 is 0.771 bits per heavy atom. The van der Waals surface area contributed by atoms with Crippen molar-refractivity contribution in [3.05, 3.63) is 78.0 Å². The summed E-state index contributed by atoms with van der Waals surface area (Å²) in [4.78, 5) is 0. The number of fused-ring (bicyclic) bond motifs is 3. The van der Waals surface area contributed by atoms with Crippen molar-refractivity contribution in [2.45, 2.75) is 58.9 Å². The minimum absolute atomic E-state index is 0.0846. The fraction of sp³-hybridized carbons (Fsp3) is 0.290. The molecule has 0 radical (unpaired) electrons. The van der Waals surface area contributed by atoms with Crippen molar-refractivity contribution in [3.8, 4) is 29.3 Å². The maximum absolute atomic E-state index is 5.49. The highest BCUT2D eigenvalue weighted by atomic mass is 15.4. The molecule has 0 saturated carbocycles. The fourth-order valence-corrected chi connectivity index (χ4v) is 4.70. The first-order valence-corrected chi connectivity index (χ1v) is 12.1. The van der Waals surface area contributed by atoms with Crippen LogP contribution in [0.1, 0.15) is 52.7 Å². The van der Waals surface area contributed by atoms with Gasteiger partial charge in [-0.25, -0.2) is 4.68 Å². The molecule has 3 aromatic carbocycles. The molecule has 0 spiro atoms. The third-order valence-electron chi connectivity index (χ3n) is 6.78. The molecule has 0 aliphatic rings. The molecule has 5 aromatic rings. The van der Waals surface area contributed by atoms with E-state index in [2.05, 4.69) is 123 Å². The van der Waals surface area contributed by atoms with Crippen molar-refractivity contribution in [2.24, 2.45) is 0 Å². The standard InChI is InChI=1S/C31H32N4/c1-8-17-34-29(20-32-33-34)21-9-13-24(14-10-21)35-27-15-11-22(30(2,3)4)18-25(27)26-19-23(31(5,6)7)12-16-28(26)35/h1,9-16,18-20H,17H2,2-7H3. The topological polar surface area (TPSA) is 35.6 Å². The van der Waals surface area contributed by atoms with Crippen molar-refractivity contribution >= 4 is 21.8 Å². The van der Waals surface area contributed by atoms with E-state index in [1.54, 1.807) is 10.9 Å². The van der Waals surface area contributed by atoms with Crippen molar-refractivity contribution in [1.29, 1.82) is 0 Å². The van der Waals surface area contributed by atoms with Gasteiger partial charge in [0.05, 0.1) is 22.9 Å². The van der Waals surface area contributed by atoms with E-state index in [1.165, 1.54) is 32.9 Å². The number of benzene rings is 3. The molecular formula is C31H32N4. The van der Waals surface area contributed by atoms with Crippen molar-refractivity contribution in [3.63, 3.8) is 0 Å². The van der Waals surface area contributed by atoms with E-state index in [0.29, 0.717) is 6.54 Å². The Bertz CT molecular complexity index is 1510. The summed E-state index contributed by atoms with van der Waals surface area (Å²) in [7, 11) is 0. The zero-order chi connectivity index (χ0) is 25.0. The Morgan fingerprint density at radius 3 is 1.80 bits per heavy atom. The van der Waals surface area contributed by atoms with Gasteiger partial charge in [0, 0.05) is 22.0 Å². The predicted octanol–water partition coefficient (Wildman–Crippen LogP) is 7.27. The molecule has 2 aromatic heterocycles. The Balaban J connectivity index is 1.72. The summed E-state index contributed by atoms with van der Waals surface area (Å²) in [6.07, 6.45) is 7.25. The van der Waals surface area contributed by atoms with Gasteiger partial charge in [-0.2, -0.15) is 0 Å². The molecule has 0 N–H and O–H groups in total. The first-order valence-electron chi connectivity index (χ1n) is 12.1. The molecule has 176 valence electrons. The van der Waals surface area contributed by atoms with Gasteiger partial charge in [-0.1, -0.05) is 76.9 Å².